The van der Waals surface area contributed by atoms with Gasteiger partial charge in [0.25, 0.3) is 5.92 Å². The summed E-state index contributed by atoms with van der Waals surface area (Å²) < 4.78 is 32.8. The molecule has 112 valence electrons. The quantitative estimate of drug-likeness (QED) is 0.790. The molecule has 3 heterocycles. The largest absolute Gasteiger partial charge is 0.464 e. The Kier molecular flexibility index (Phi) is 3.23. The van der Waals surface area contributed by atoms with Gasteiger partial charge in [-0.15, -0.1) is 0 Å². The summed E-state index contributed by atoms with van der Waals surface area (Å²) in [6, 6.07) is 0. The van der Waals surface area contributed by atoms with Crippen LogP contribution in [0.5, 0.6) is 0 Å². The molecule has 0 amide bonds. The highest BCUT2D eigenvalue weighted by atomic mass is 19.3. The Bertz CT molecular complexity index is 676. The summed E-state index contributed by atoms with van der Waals surface area (Å²) in [5.74, 6) is -2.78. The van der Waals surface area contributed by atoms with E-state index in [9.17, 15) is 13.6 Å². The average Bonchev–Trinajstić information content (AvgIpc) is 2.94. The average molecular weight is 296 g/mol. The number of imidazole rings is 1. The summed E-state index contributed by atoms with van der Waals surface area (Å²) in [6.45, 7) is 0.348. The van der Waals surface area contributed by atoms with Crippen LogP contribution in [-0.2, 0) is 4.74 Å². The number of methoxy groups -OCH3 is 1. The van der Waals surface area contributed by atoms with Crippen molar-refractivity contribution in [2.75, 3.05) is 25.1 Å². The highest BCUT2D eigenvalue weighted by molar-refractivity contribution is 5.88. The van der Waals surface area contributed by atoms with Crippen LogP contribution in [0.3, 0.4) is 0 Å². The first-order valence-electron chi connectivity index (χ1n) is 6.55. The molecule has 1 aliphatic rings. The van der Waals surface area contributed by atoms with Crippen LogP contribution >= 0.6 is 0 Å². The van der Waals surface area contributed by atoms with E-state index >= 15 is 0 Å². The molecule has 2 aromatic rings. The number of rotatable bonds is 2. The maximum absolute atomic E-state index is 13.3. The Labute approximate surface area is 119 Å². The fourth-order valence-corrected chi connectivity index (χ4v) is 2.38. The lowest BCUT2D eigenvalue weighted by molar-refractivity contribution is -0.0221. The molecule has 0 aromatic carbocycles. The number of carbonyl (C=O) groups excluding carboxylic acids is 1. The molecule has 3 rings (SSSR count). The van der Waals surface area contributed by atoms with Crippen LogP contribution in [0.25, 0.3) is 5.65 Å². The molecule has 1 fully saturated rings. The van der Waals surface area contributed by atoms with E-state index in [0.29, 0.717) is 11.5 Å². The van der Waals surface area contributed by atoms with Crippen LogP contribution in [0.1, 0.15) is 23.3 Å². The molecule has 21 heavy (non-hydrogen) atoms. The molecule has 1 aliphatic heterocycles. The molecule has 0 unspecified atom stereocenters. The lowest BCUT2D eigenvalue weighted by Crippen LogP contribution is -2.40. The van der Waals surface area contributed by atoms with Crippen LogP contribution in [0.2, 0.25) is 0 Å². The van der Waals surface area contributed by atoms with Crippen molar-refractivity contribution >= 4 is 17.4 Å². The second kappa shape index (κ2) is 4.94. The number of ether oxygens (including phenoxy) is 1. The molecule has 0 N–H and O–H groups in total. The molecule has 0 saturated carbocycles. The second-order valence-electron chi connectivity index (χ2n) is 4.94. The lowest BCUT2D eigenvalue weighted by Gasteiger charge is -2.32. The van der Waals surface area contributed by atoms with Crippen LogP contribution in [-0.4, -0.2) is 46.5 Å². The van der Waals surface area contributed by atoms with Crippen molar-refractivity contribution in [2.24, 2.45) is 0 Å². The molecular formula is C13H14F2N4O2. The van der Waals surface area contributed by atoms with E-state index in [1.807, 2.05) is 0 Å². The van der Waals surface area contributed by atoms with Crippen molar-refractivity contribution in [3.05, 3.63) is 24.3 Å². The van der Waals surface area contributed by atoms with Crippen molar-refractivity contribution in [1.82, 2.24) is 14.4 Å². The molecule has 6 nitrogen and oxygen atoms in total. The first-order chi connectivity index (χ1) is 10.00. The highest BCUT2D eigenvalue weighted by Crippen LogP contribution is 2.31. The van der Waals surface area contributed by atoms with Gasteiger partial charge in [-0.05, 0) is 0 Å². The molecule has 0 radical (unpaired) electrons. The number of nitrogens with zero attached hydrogens (tertiary/aromatic N) is 4. The molecule has 0 aliphatic carbocycles. The third kappa shape index (κ3) is 2.53. The number of alkyl halides is 2. The van der Waals surface area contributed by atoms with Crippen molar-refractivity contribution in [2.45, 2.75) is 18.8 Å². The van der Waals surface area contributed by atoms with Gasteiger partial charge < -0.3 is 14.0 Å². The van der Waals surface area contributed by atoms with Gasteiger partial charge in [0.2, 0.25) is 0 Å². The Morgan fingerprint density at radius 2 is 2.10 bits per heavy atom. The number of fused-ring (bicyclic) bond motifs is 1. The molecule has 2 aromatic heterocycles. The van der Waals surface area contributed by atoms with Crippen molar-refractivity contribution in [3.63, 3.8) is 0 Å². The zero-order valence-corrected chi connectivity index (χ0v) is 11.4. The van der Waals surface area contributed by atoms with Crippen molar-refractivity contribution in [3.8, 4) is 0 Å². The third-order valence-electron chi connectivity index (χ3n) is 3.55. The minimum absolute atomic E-state index is 0.121. The van der Waals surface area contributed by atoms with Gasteiger partial charge in [-0.25, -0.2) is 23.5 Å². The van der Waals surface area contributed by atoms with Gasteiger partial charge in [0, 0.05) is 44.5 Å². The number of piperidine rings is 1. The Balaban J connectivity index is 2.00. The Morgan fingerprint density at radius 3 is 2.76 bits per heavy atom. The number of halogens is 2. The summed E-state index contributed by atoms with van der Waals surface area (Å²) in [6.07, 6.45) is 4.29. The minimum Gasteiger partial charge on any atom is -0.464 e. The smallest absolute Gasteiger partial charge is 0.358 e. The van der Waals surface area contributed by atoms with E-state index in [1.165, 1.54) is 13.3 Å². The lowest BCUT2D eigenvalue weighted by atomic mass is 10.1. The molecule has 1 saturated heterocycles. The number of hydrogen-bond donors (Lipinski definition) is 0. The van der Waals surface area contributed by atoms with E-state index in [-0.39, 0.29) is 31.6 Å². The number of aromatic nitrogens is 3. The summed E-state index contributed by atoms with van der Waals surface area (Å²) >= 11 is 0. The Hall–Kier alpha value is -2.25. The highest BCUT2D eigenvalue weighted by Gasteiger charge is 2.35. The predicted octanol–water partition coefficient (Wildman–Crippen LogP) is 1.75. The van der Waals surface area contributed by atoms with E-state index in [1.54, 1.807) is 21.7 Å². The van der Waals surface area contributed by atoms with E-state index in [4.69, 9.17) is 0 Å². The van der Waals surface area contributed by atoms with Gasteiger partial charge in [-0.2, -0.15) is 0 Å². The molecule has 0 atom stereocenters. The van der Waals surface area contributed by atoms with E-state index in [0.717, 1.165) is 0 Å². The zero-order chi connectivity index (χ0) is 15.0. The summed E-state index contributed by atoms with van der Waals surface area (Å²) in [7, 11) is 1.27. The maximum Gasteiger partial charge on any atom is 0.358 e. The van der Waals surface area contributed by atoms with Gasteiger partial charge in [0.15, 0.2) is 17.2 Å². The fourth-order valence-electron chi connectivity index (χ4n) is 2.38. The molecular weight excluding hydrogens is 282 g/mol. The van der Waals surface area contributed by atoms with Gasteiger partial charge >= 0.3 is 5.97 Å². The SMILES string of the molecule is COC(=O)c1cn2ccnc2c(N2CCC(F)(F)CC2)n1. The fraction of sp³-hybridized carbons (Fsp3) is 0.462. The monoisotopic (exact) mass is 296 g/mol. The second-order valence-corrected chi connectivity index (χ2v) is 4.94. The maximum atomic E-state index is 13.3. The number of anilines is 1. The first-order valence-corrected chi connectivity index (χ1v) is 6.55. The standard InChI is InChI=1S/C13H14F2N4O2/c1-21-12(20)9-8-19-7-4-16-10(19)11(17-9)18-5-2-13(14,15)3-6-18/h4,7-8H,2-3,5-6H2,1H3. The van der Waals surface area contributed by atoms with Crippen LogP contribution < -0.4 is 4.90 Å². The van der Waals surface area contributed by atoms with Crippen LogP contribution in [0.4, 0.5) is 14.6 Å². The zero-order valence-electron chi connectivity index (χ0n) is 11.4. The van der Waals surface area contributed by atoms with Gasteiger partial charge in [0.1, 0.15) is 0 Å². The first kappa shape index (κ1) is 13.7. The van der Waals surface area contributed by atoms with E-state index in [2.05, 4.69) is 14.7 Å². The number of carbonyl (C=O) groups is 1. The molecule has 0 spiro atoms. The van der Waals surface area contributed by atoms with E-state index < -0.39 is 11.9 Å². The predicted molar refractivity (Wildman–Crippen MR) is 70.7 cm³/mol. The van der Waals surface area contributed by atoms with Gasteiger partial charge in [-0.3, -0.25) is 0 Å². The third-order valence-corrected chi connectivity index (χ3v) is 3.55. The normalized spacial score (nSPS) is 18.0. The topological polar surface area (TPSA) is 59.7 Å². The van der Waals surface area contributed by atoms with Crippen LogP contribution in [0.15, 0.2) is 18.6 Å². The number of hydrogen-bond acceptors (Lipinski definition) is 5. The van der Waals surface area contributed by atoms with Gasteiger partial charge in [-0.1, -0.05) is 0 Å². The van der Waals surface area contributed by atoms with Crippen LogP contribution in [0, 0.1) is 0 Å². The summed E-state index contributed by atoms with van der Waals surface area (Å²) in [5, 5.41) is 0. The Morgan fingerprint density at radius 1 is 1.38 bits per heavy atom. The van der Waals surface area contributed by atoms with Crippen molar-refractivity contribution in [1.29, 1.82) is 0 Å². The van der Waals surface area contributed by atoms with Gasteiger partial charge in [0.05, 0.1) is 7.11 Å². The van der Waals surface area contributed by atoms with Crippen molar-refractivity contribution < 1.29 is 18.3 Å². The number of esters is 1. The minimum atomic E-state index is -2.64. The summed E-state index contributed by atoms with van der Waals surface area (Å²) in [5.41, 5.74) is 0.656. The molecule has 8 heteroatoms. The molecule has 0 bridgehead atoms. The summed E-state index contributed by atoms with van der Waals surface area (Å²) in [4.78, 5) is 21.8.